The summed E-state index contributed by atoms with van der Waals surface area (Å²) < 4.78 is 4.79. The van der Waals surface area contributed by atoms with Crippen LogP contribution in [0.5, 0.6) is 0 Å². The molecule has 0 saturated carbocycles. The maximum atomic E-state index is 2.42. The minimum atomic E-state index is 1.09. The second kappa shape index (κ2) is 10.8. The Labute approximate surface area is 294 Å². The molecule has 3 nitrogen and oxygen atoms in total. The highest BCUT2D eigenvalue weighted by molar-refractivity contribution is 6.22. The number of anilines is 2. The zero-order valence-corrected chi connectivity index (χ0v) is 27.7. The van der Waals surface area contributed by atoms with Gasteiger partial charge in [-0.15, -0.1) is 0 Å². The van der Waals surface area contributed by atoms with Crippen molar-refractivity contribution in [1.82, 2.24) is 9.24 Å². The molecule has 0 N–H and O–H groups in total. The molecule has 0 amide bonds. The van der Waals surface area contributed by atoms with Gasteiger partial charge in [0.1, 0.15) is 0 Å². The van der Waals surface area contributed by atoms with Gasteiger partial charge in [0, 0.05) is 27.2 Å². The molecule has 0 saturated heterocycles. The van der Waals surface area contributed by atoms with Gasteiger partial charge in [-0.3, -0.25) is 0 Å². The quantitative estimate of drug-likeness (QED) is 0.173. The average Bonchev–Trinajstić information content (AvgIpc) is 3.70. The van der Waals surface area contributed by atoms with Crippen LogP contribution in [0.4, 0.5) is 11.4 Å². The Morgan fingerprint density at radius 1 is 0.294 bits per heavy atom. The largest absolute Gasteiger partial charge is 0.309 e. The zero-order chi connectivity index (χ0) is 33.5. The van der Waals surface area contributed by atoms with Crippen molar-refractivity contribution in [1.29, 1.82) is 0 Å². The smallest absolute Gasteiger partial charge is 0.0722 e. The van der Waals surface area contributed by atoms with Crippen LogP contribution >= 0.6 is 0 Å². The minimum Gasteiger partial charge on any atom is -0.309 e. The molecule has 0 atom stereocenters. The van der Waals surface area contributed by atoms with Crippen molar-refractivity contribution in [2.45, 2.75) is 0 Å². The van der Waals surface area contributed by atoms with Crippen molar-refractivity contribution in [3.05, 3.63) is 188 Å². The van der Waals surface area contributed by atoms with E-state index in [0.717, 1.165) is 22.6 Å². The molecular weight excluding hydrogens is 619 g/mol. The van der Waals surface area contributed by atoms with E-state index in [-0.39, 0.29) is 0 Å². The van der Waals surface area contributed by atoms with Crippen LogP contribution in [-0.2, 0) is 0 Å². The maximum Gasteiger partial charge on any atom is 0.0722 e. The molecule has 0 aliphatic heterocycles. The fraction of sp³-hybridized carbons (Fsp3) is 0. The topological polar surface area (TPSA) is 13.1 Å². The Bertz CT molecular complexity index is 3130. The summed E-state index contributed by atoms with van der Waals surface area (Å²) in [6, 6.07) is 68.5. The van der Waals surface area contributed by atoms with Gasteiger partial charge in [0.15, 0.2) is 0 Å². The van der Waals surface area contributed by atoms with E-state index in [9.17, 15) is 0 Å². The van der Waals surface area contributed by atoms with Crippen molar-refractivity contribution in [2.24, 2.45) is 0 Å². The second-order valence-corrected chi connectivity index (χ2v) is 13.4. The lowest BCUT2D eigenvalue weighted by Crippen LogP contribution is -2.24. The van der Waals surface area contributed by atoms with E-state index in [1.807, 2.05) is 0 Å². The van der Waals surface area contributed by atoms with Gasteiger partial charge in [-0.25, -0.2) is 9.69 Å². The lowest BCUT2D eigenvalue weighted by molar-refractivity contribution is 0.887. The number of aromatic nitrogens is 2. The molecule has 51 heavy (non-hydrogen) atoms. The number of hydrogen-bond acceptors (Lipinski definition) is 1. The molecule has 2 heterocycles. The van der Waals surface area contributed by atoms with Gasteiger partial charge in [0.05, 0.1) is 33.4 Å². The standard InChI is InChI=1S/C48H31N3/c1-3-14-34(15-4-1)49-45-21-11-9-19-40(45)43-30-36(25-28-46(43)49)50(35-16-5-2-6-17-35)51-47-22-12-10-20-41(47)44-31-42-33(29-48(44)51)24-27-38-37-18-8-7-13-32(37)23-26-39(38)42/h1-31H. The highest BCUT2D eigenvalue weighted by atomic mass is 15.6. The molecule has 0 unspecified atom stereocenters. The third-order valence-electron chi connectivity index (χ3n) is 10.6. The Hall–Kier alpha value is -6.84. The van der Waals surface area contributed by atoms with Gasteiger partial charge in [-0.1, -0.05) is 121 Å². The van der Waals surface area contributed by atoms with Crippen molar-refractivity contribution in [2.75, 3.05) is 5.01 Å². The molecule has 11 rings (SSSR count). The summed E-state index contributed by atoms with van der Waals surface area (Å²) in [6.45, 7) is 0. The molecule has 3 heteroatoms. The lowest BCUT2D eigenvalue weighted by atomic mass is 9.96. The number of fused-ring (bicyclic) bond motifs is 11. The van der Waals surface area contributed by atoms with Crippen LogP contribution in [0.3, 0.4) is 0 Å². The fourth-order valence-electron chi connectivity index (χ4n) is 8.38. The maximum absolute atomic E-state index is 2.42. The first-order valence-electron chi connectivity index (χ1n) is 17.5. The number of rotatable bonds is 4. The molecule has 0 bridgehead atoms. The van der Waals surface area contributed by atoms with Gasteiger partial charge >= 0.3 is 0 Å². The molecule has 0 spiro atoms. The monoisotopic (exact) mass is 649 g/mol. The third kappa shape index (κ3) is 4.12. The van der Waals surface area contributed by atoms with Crippen molar-refractivity contribution < 1.29 is 0 Å². The predicted molar refractivity (Wildman–Crippen MR) is 217 cm³/mol. The number of benzene rings is 9. The number of nitrogens with zero attached hydrogens (tertiary/aromatic N) is 3. The average molecular weight is 650 g/mol. The van der Waals surface area contributed by atoms with Gasteiger partial charge < -0.3 is 4.57 Å². The normalized spacial score (nSPS) is 11.9. The summed E-state index contributed by atoms with van der Waals surface area (Å²) in [5, 5.41) is 14.9. The molecule has 11 aromatic rings. The summed E-state index contributed by atoms with van der Waals surface area (Å²) in [4.78, 5) is 0. The van der Waals surface area contributed by atoms with E-state index in [2.05, 4.69) is 202 Å². The highest BCUT2D eigenvalue weighted by Gasteiger charge is 2.22. The minimum absolute atomic E-state index is 1.09. The highest BCUT2D eigenvalue weighted by Crippen LogP contribution is 2.41. The predicted octanol–water partition coefficient (Wildman–Crippen LogP) is 13.0. The molecular formula is C48H31N3. The molecule has 0 aliphatic carbocycles. The first-order valence-corrected chi connectivity index (χ1v) is 17.5. The van der Waals surface area contributed by atoms with Gasteiger partial charge in [0.2, 0.25) is 0 Å². The molecule has 238 valence electrons. The van der Waals surface area contributed by atoms with E-state index >= 15 is 0 Å². The molecule has 0 fully saturated rings. The summed E-state index contributed by atoms with van der Waals surface area (Å²) in [5.41, 5.74) is 8.06. The fourth-order valence-corrected chi connectivity index (χ4v) is 8.38. The van der Waals surface area contributed by atoms with Crippen LogP contribution in [0, 0.1) is 0 Å². The summed E-state index contributed by atoms with van der Waals surface area (Å²) in [5.74, 6) is 0. The Kier molecular flexibility index (Phi) is 5.96. The van der Waals surface area contributed by atoms with E-state index in [1.165, 1.54) is 70.4 Å². The van der Waals surface area contributed by atoms with Gasteiger partial charge in [0.25, 0.3) is 0 Å². The number of para-hydroxylation sites is 4. The Balaban J connectivity index is 1.21. The Morgan fingerprint density at radius 2 is 0.882 bits per heavy atom. The van der Waals surface area contributed by atoms with Crippen LogP contribution in [0.25, 0.3) is 81.6 Å². The summed E-state index contributed by atoms with van der Waals surface area (Å²) in [7, 11) is 0. The van der Waals surface area contributed by atoms with Crippen LogP contribution in [0.15, 0.2) is 188 Å². The van der Waals surface area contributed by atoms with Crippen LogP contribution in [0.2, 0.25) is 0 Å². The summed E-state index contributed by atoms with van der Waals surface area (Å²) >= 11 is 0. The van der Waals surface area contributed by atoms with Crippen molar-refractivity contribution >= 4 is 87.3 Å². The van der Waals surface area contributed by atoms with E-state index in [4.69, 9.17) is 0 Å². The van der Waals surface area contributed by atoms with Gasteiger partial charge in [-0.05, 0) is 99.0 Å². The van der Waals surface area contributed by atoms with Crippen molar-refractivity contribution in [3.63, 3.8) is 0 Å². The second-order valence-electron chi connectivity index (χ2n) is 13.4. The third-order valence-corrected chi connectivity index (χ3v) is 10.6. The molecule has 0 aliphatic rings. The van der Waals surface area contributed by atoms with Crippen LogP contribution in [0.1, 0.15) is 0 Å². The van der Waals surface area contributed by atoms with Gasteiger partial charge in [-0.2, -0.15) is 0 Å². The lowest BCUT2D eigenvalue weighted by Gasteiger charge is -2.28. The first kappa shape index (κ1) is 28.0. The first-order chi connectivity index (χ1) is 25.3. The van der Waals surface area contributed by atoms with Crippen LogP contribution in [-0.4, -0.2) is 9.24 Å². The Morgan fingerprint density at radius 3 is 1.69 bits per heavy atom. The summed E-state index contributed by atoms with van der Waals surface area (Å²) in [6.07, 6.45) is 0. The molecule has 2 aromatic heterocycles. The zero-order valence-electron chi connectivity index (χ0n) is 27.7. The van der Waals surface area contributed by atoms with E-state index < -0.39 is 0 Å². The number of hydrogen-bond donors (Lipinski definition) is 0. The van der Waals surface area contributed by atoms with Crippen molar-refractivity contribution in [3.8, 4) is 5.69 Å². The SMILES string of the molecule is c1ccc(N(c2ccc3c(c2)c2ccccc2n3-c2ccccc2)n2c3ccccc3c3cc4c(ccc5c6ccccc6ccc45)cc32)cc1. The van der Waals surface area contributed by atoms with Crippen LogP contribution < -0.4 is 5.01 Å². The van der Waals surface area contributed by atoms with E-state index in [0.29, 0.717) is 0 Å². The van der Waals surface area contributed by atoms with E-state index in [1.54, 1.807) is 0 Å². The molecule has 0 radical (unpaired) electrons. The molecule has 9 aromatic carbocycles.